The van der Waals surface area contributed by atoms with Crippen LogP contribution in [0.4, 0.5) is 4.39 Å². The summed E-state index contributed by atoms with van der Waals surface area (Å²) in [5.41, 5.74) is 1.52. The highest BCUT2D eigenvalue weighted by atomic mass is 35.5. The van der Waals surface area contributed by atoms with Gasteiger partial charge in [0, 0.05) is 10.9 Å². The van der Waals surface area contributed by atoms with Gasteiger partial charge in [0.2, 0.25) is 0 Å². The summed E-state index contributed by atoms with van der Waals surface area (Å²) < 4.78 is 18.9. The Labute approximate surface area is 120 Å². The van der Waals surface area contributed by atoms with Crippen molar-refractivity contribution in [1.82, 2.24) is 4.98 Å². The maximum atomic E-state index is 13.3. The van der Waals surface area contributed by atoms with Crippen LogP contribution < -0.4 is 4.74 Å². The third-order valence-electron chi connectivity index (χ3n) is 2.99. The molecule has 0 saturated heterocycles. The number of nitrogens with zero attached hydrogens (tertiary/aromatic N) is 1. The Morgan fingerprint density at radius 1 is 1.10 bits per heavy atom. The van der Waals surface area contributed by atoms with Crippen molar-refractivity contribution in [1.29, 1.82) is 0 Å². The minimum absolute atomic E-state index is 0.0984. The number of ether oxygens (including phenoxy) is 1. The van der Waals surface area contributed by atoms with E-state index in [1.807, 2.05) is 30.3 Å². The van der Waals surface area contributed by atoms with Crippen molar-refractivity contribution in [3.8, 4) is 5.75 Å². The first-order valence-electron chi connectivity index (χ1n) is 6.14. The van der Waals surface area contributed by atoms with Crippen LogP contribution in [0.25, 0.3) is 10.9 Å². The molecule has 0 fully saturated rings. The van der Waals surface area contributed by atoms with Gasteiger partial charge in [0.05, 0.1) is 16.7 Å². The highest BCUT2D eigenvalue weighted by Crippen LogP contribution is 2.23. The van der Waals surface area contributed by atoms with Gasteiger partial charge in [-0.25, -0.2) is 4.39 Å². The first kappa shape index (κ1) is 12.9. The molecular formula is C16H11ClFNO. The largest absolute Gasteiger partial charge is 0.487 e. The lowest BCUT2D eigenvalue weighted by molar-refractivity contribution is 0.305. The topological polar surface area (TPSA) is 22.1 Å². The molecule has 0 aliphatic carbocycles. The molecule has 3 aromatic rings. The fourth-order valence-corrected chi connectivity index (χ4v) is 2.13. The summed E-state index contributed by atoms with van der Waals surface area (Å²) in [7, 11) is 0. The number of benzene rings is 2. The molecule has 0 bridgehead atoms. The number of halogens is 2. The number of pyridine rings is 1. The third kappa shape index (κ3) is 2.58. The lowest BCUT2D eigenvalue weighted by Crippen LogP contribution is -1.98. The molecule has 0 atom stereocenters. The normalized spacial score (nSPS) is 10.7. The maximum absolute atomic E-state index is 13.3. The van der Waals surface area contributed by atoms with Crippen LogP contribution in [0, 0.1) is 5.82 Å². The van der Waals surface area contributed by atoms with Gasteiger partial charge >= 0.3 is 0 Å². The predicted molar refractivity (Wildman–Crippen MR) is 77.5 cm³/mol. The van der Waals surface area contributed by atoms with Crippen molar-refractivity contribution in [2.24, 2.45) is 0 Å². The summed E-state index contributed by atoms with van der Waals surface area (Å²) in [6.07, 6.45) is 1.65. The number of aromatic nitrogens is 1. The van der Waals surface area contributed by atoms with Gasteiger partial charge in [-0.05, 0) is 18.2 Å². The zero-order valence-corrected chi connectivity index (χ0v) is 11.3. The molecule has 0 radical (unpaired) electrons. The maximum Gasteiger partial charge on any atom is 0.142 e. The van der Waals surface area contributed by atoms with E-state index in [4.69, 9.17) is 16.3 Å². The van der Waals surface area contributed by atoms with Crippen LogP contribution in [0.1, 0.15) is 5.56 Å². The monoisotopic (exact) mass is 287 g/mol. The van der Waals surface area contributed by atoms with Crippen LogP contribution in [0.2, 0.25) is 5.02 Å². The van der Waals surface area contributed by atoms with Gasteiger partial charge in [-0.3, -0.25) is 4.98 Å². The van der Waals surface area contributed by atoms with Gasteiger partial charge in [-0.2, -0.15) is 0 Å². The summed E-state index contributed by atoms with van der Waals surface area (Å²) in [6, 6.07) is 14.3. The molecule has 2 nitrogen and oxygen atoms in total. The minimum atomic E-state index is -0.440. The number of hydrogen-bond acceptors (Lipinski definition) is 2. The quantitative estimate of drug-likeness (QED) is 0.702. The first-order chi connectivity index (χ1) is 9.74. The van der Waals surface area contributed by atoms with Gasteiger partial charge < -0.3 is 4.74 Å². The van der Waals surface area contributed by atoms with E-state index in [9.17, 15) is 4.39 Å². The Kier molecular flexibility index (Phi) is 3.52. The van der Waals surface area contributed by atoms with Crippen LogP contribution in [0.3, 0.4) is 0 Å². The highest BCUT2D eigenvalue weighted by Gasteiger charge is 2.06. The highest BCUT2D eigenvalue weighted by molar-refractivity contribution is 6.31. The van der Waals surface area contributed by atoms with Crippen LogP contribution in [0.5, 0.6) is 5.75 Å². The molecule has 100 valence electrons. The average molecular weight is 288 g/mol. The molecule has 0 spiro atoms. The number of fused-ring (bicyclic) bond motifs is 1. The van der Waals surface area contributed by atoms with Gasteiger partial charge in [-0.15, -0.1) is 0 Å². The first-order valence-corrected chi connectivity index (χ1v) is 6.52. The van der Waals surface area contributed by atoms with Crippen molar-refractivity contribution in [2.45, 2.75) is 6.61 Å². The summed E-state index contributed by atoms with van der Waals surface area (Å²) in [6.45, 7) is 0.205. The van der Waals surface area contributed by atoms with Crippen LogP contribution >= 0.6 is 11.6 Å². The molecule has 0 saturated carbocycles. The van der Waals surface area contributed by atoms with Gasteiger partial charge in [0.15, 0.2) is 0 Å². The van der Waals surface area contributed by atoms with E-state index in [-0.39, 0.29) is 11.6 Å². The molecule has 2 aromatic carbocycles. The van der Waals surface area contributed by atoms with Crippen molar-refractivity contribution in [2.75, 3.05) is 0 Å². The predicted octanol–water partition coefficient (Wildman–Crippen LogP) is 4.61. The van der Waals surface area contributed by atoms with Crippen molar-refractivity contribution in [3.63, 3.8) is 0 Å². The Bertz CT molecular complexity index is 760. The van der Waals surface area contributed by atoms with E-state index in [1.54, 1.807) is 18.3 Å². The Morgan fingerprint density at radius 2 is 1.95 bits per heavy atom. The van der Waals surface area contributed by atoms with E-state index in [2.05, 4.69) is 4.98 Å². The minimum Gasteiger partial charge on any atom is -0.487 e. The van der Waals surface area contributed by atoms with Crippen LogP contribution in [-0.4, -0.2) is 4.98 Å². The van der Waals surface area contributed by atoms with Gasteiger partial charge in [0.1, 0.15) is 18.2 Å². The molecular weight excluding hydrogens is 277 g/mol. The standard InChI is InChI=1S/C16H11ClFNO/c17-16-12(5-3-6-14(16)18)10-20-13-8-11-4-1-2-7-15(11)19-9-13/h1-9H,10H2. The van der Waals surface area contributed by atoms with E-state index in [0.717, 1.165) is 10.9 Å². The lowest BCUT2D eigenvalue weighted by Gasteiger charge is -2.08. The molecule has 0 N–H and O–H groups in total. The van der Waals surface area contributed by atoms with Crippen molar-refractivity contribution >= 4 is 22.5 Å². The third-order valence-corrected chi connectivity index (χ3v) is 3.41. The second-order valence-corrected chi connectivity index (χ2v) is 4.74. The summed E-state index contributed by atoms with van der Waals surface area (Å²) in [4.78, 5) is 4.30. The molecule has 20 heavy (non-hydrogen) atoms. The number of para-hydroxylation sites is 1. The van der Waals surface area contributed by atoms with Crippen molar-refractivity contribution in [3.05, 3.63) is 71.1 Å². The van der Waals surface area contributed by atoms with Gasteiger partial charge in [-0.1, -0.05) is 41.9 Å². The zero-order valence-electron chi connectivity index (χ0n) is 10.5. The lowest BCUT2D eigenvalue weighted by atomic mass is 10.2. The Hall–Kier alpha value is -2.13. The average Bonchev–Trinajstić information content (AvgIpc) is 2.48. The summed E-state index contributed by atoms with van der Waals surface area (Å²) >= 11 is 5.88. The van der Waals surface area contributed by atoms with E-state index >= 15 is 0 Å². The summed E-state index contributed by atoms with van der Waals surface area (Å²) in [5.74, 6) is 0.188. The Morgan fingerprint density at radius 3 is 2.85 bits per heavy atom. The second kappa shape index (κ2) is 5.47. The molecule has 1 heterocycles. The van der Waals surface area contributed by atoms with E-state index in [1.165, 1.54) is 6.07 Å². The number of rotatable bonds is 3. The van der Waals surface area contributed by atoms with Crippen LogP contribution in [-0.2, 0) is 6.61 Å². The van der Waals surface area contributed by atoms with Crippen LogP contribution in [0.15, 0.2) is 54.7 Å². The molecule has 0 aliphatic heterocycles. The number of hydrogen-bond donors (Lipinski definition) is 0. The molecule has 4 heteroatoms. The molecule has 0 aliphatic rings. The molecule has 3 rings (SSSR count). The zero-order chi connectivity index (χ0) is 13.9. The molecule has 0 unspecified atom stereocenters. The molecule has 0 amide bonds. The van der Waals surface area contributed by atoms with Crippen molar-refractivity contribution < 1.29 is 9.13 Å². The fraction of sp³-hybridized carbons (Fsp3) is 0.0625. The van der Waals surface area contributed by atoms with E-state index in [0.29, 0.717) is 11.3 Å². The fourth-order valence-electron chi connectivity index (χ4n) is 1.95. The SMILES string of the molecule is Fc1cccc(COc2cnc3ccccc3c2)c1Cl. The molecule has 1 aromatic heterocycles. The van der Waals surface area contributed by atoms with Gasteiger partial charge in [0.25, 0.3) is 0 Å². The smallest absolute Gasteiger partial charge is 0.142 e. The Balaban J connectivity index is 1.81. The van der Waals surface area contributed by atoms with E-state index < -0.39 is 5.82 Å². The summed E-state index contributed by atoms with van der Waals surface area (Å²) in [5, 5.41) is 1.09. The second-order valence-electron chi connectivity index (χ2n) is 4.37.